The number of halogens is 1. The van der Waals surface area contributed by atoms with Gasteiger partial charge < -0.3 is 16.4 Å². The Balaban J connectivity index is 0.00000256. The molecule has 94 valence electrons. The zero-order valence-electron chi connectivity index (χ0n) is 9.86. The highest BCUT2D eigenvalue weighted by molar-refractivity contribution is 8.93. The molecule has 1 rings (SSSR count). The third-order valence-corrected chi connectivity index (χ3v) is 1.99. The van der Waals surface area contributed by atoms with Gasteiger partial charge in [0, 0.05) is 26.2 Å². The normalized spacial score (nSPS) is 10.4. The van der Waals surface area contributed by atoms with Crippen molar-refractivity contribution in [3.05, 3.63) is 29.8 Å². The Hall–Kier alpha value is -1.56. The van der Waals surface area contributed by atoms with Gasteiger partial charge in [0.25, 0.3) is 0 Å². The predicted molar refractivity (Wildman–Crippen MR) is 75.5 cm³/mol. The van der Waals surface area contributed by atoms with Crippen LogP contribution in [0, 0.1) is 0 Å². The molecule has 0 atom stereocenters. The molecule has 5 nitrogen and oxygen atoms in total. The second-order valence-electron chi connectivity index (χ2n) is 3.34. The lowest BCUT2D eigenvalue weighted by Gasteiger charge is -2.06. The standard InChI is InChI=1S/C11H16N4O.BrH/c1-8(16)15-10-5-3-9(4-6-10)7-14-11(12)13-2;/h3-6H,7H2,1-2H3,(H,15,16)(H3,12,13,14);1H. The summed E-state index contributed by atoms with van der Waals surface area (Å²) >= 11 is 0. The first-order valence-electron chi connectivity index (χ1n) is 4.94. The average Bonchev–Trinajstić information content (AvgIpc) is 2.27. The van der Waals surface area contributed by atoms with Crippen LogP contribution in [0.1, 0.15) is 12.5 Å². The molecule has 0 unspecified atom stereocenters. The number of amides is 1. The van der Waals surface area contributed by atoms with Crippen LogP contribution in [0.25, 0.3) is 0 Å². The van der Waals surface area contributed by atoms with Crippen molar-refractivity contribution in [2.75, 3.05) is 12.4 Å². The number of hydrogen-bond acceptors (Lipinski definition) is 2. The van der Waals surface area contributed by atoms with Crippen LogP contribution in [-0.4, -0.2) is 18.9 Å². The number of nitrogens with one attached hydrogen (secondary N) is 2. The van der Waals surface area contributed by atoms with Crippen molar-refractivity contribution in [3.8, 4) is 0 Å². The van der Waals surface area contributed by atoms with Crippen LogP contribution < -0.4 is 16.4 Å². The highest BCUT2D eigenvalue weighted by Gasteiger charge is 1.96. The van der Waals surface area contributed by atoms with Crippen LogP contribution in [0.4, 0.5) is 5.69 Å². The molecule has 0 saturated carbocycles. The minimum atomic E-state index is -0.0757. The van der Waals surface area contributed by atoms with Gasteiger partial charge in [-0.05, 0) is 17.7 Å². The van der Waals surface area contributed by atoms with Gasteiger partial charge in [-0.2, -0.15) is 0 Å². The van der Waals surface area contributed by atoms with E-state index >= 15 is 0 Å². The first-order valence-corrected chi connectivity index (χ1v) is 4.94. The molecular weight excluding hydrogens is 284 g/mol. The lowest BCUT2D eigenvalue weighted by atomic mass is 10.2. The van der Waals surface area contributed by atoms with Gasteiger partial charge in [0.05, 0.1) is 0 Å². The Morgan fingerprint density at radius 2 is 1.94 bits per heavy atom. The molecule has 1 aromatic rings. The number of guanidine groups is 1. The number of nitrogens with zero attached hydrogens (tertiary/aromatic N) is 1. The summed E-state index contributed by atoms with van der Waals surface area (Å²) in [5.74, 6) is 0.333. The lowest BCUT2D eigenvalue weighted by Crippen LogP contribution is -2.30. The van der Waals surface area contributed by atoms with E-state index < -0.39 is 0 Å². The third-order valence-electron chi connectivity index (χ3n) is 1.99. The zero-order chi connectivity index (χ0) is 12.0. The molecule has 1 aromatic carbocycles. The maximum absolute atomic E-state index is 10.8. The molecule has 0 fully saturated rings. The van der Waals surface area contributed by atoms with E-state index in [9.17, 15) is 4.79 Å². The number of carbonyl (C=O) groups excluding carboxylic acids is 1. The molecule has 4 N–H and O–H groups in total. The Morgan fingerprint density at radius 3 is 2.41 bits per heavy atom. The predicted octanol–water partition coefficient (Wildman–Crippen LogP) is 1.26. The molecule has 6 heteroatoms. The van der Waals surface area contributed by atoms with Crippen molar-refractivity contribution >= 4 is 34.5 Å². The summed E-state index contributed by atoms with van der Waals surface area (Å²) in [6, 6.07) is 7.53. The first kappa shape index (κ1) is 15.4. The van der Waals surface area contributed by atoms with Gasteiger partial charge in [0.15, 0.2) is 5.96 Å². The Bertz CT molecular complexity index is 389. The minimum absolute atomic E-state index is 0. The smallest absolute Gasteiger partial charge is 0.221 e. The third kappa shape index (κ3) is 5.91. The minimum Gasteiger partial charge on any atom is -0.370 e. The Morgan fingerprint density at radius 1 is 1.35 bits per heavy atom. The average molecular weight is 301 g/mol. The molecule has 1 amide bonds. The fourth-order valence-electron chi connectivity index (χ4n) is 1.18. The van der Waals surface area contributed by atoms with Crippen LogP contribution in [0.15, 0.2) is 29.3 Å². The summed E-state index contributed by atoms with van der Waals surface area (Å²) in [5.41, 5.74) is 7.35. The molecule has 0 bridgehead atoms. The monoisotopic (exact) mass is 300 g/mol. The number of benzene rings is 1. The quantitative estimate of drug-likeness (QED) is 0.581. The van der Waals surface area contributed by atoms with Crippen molar-refractivity contribution in [3.63, 3.8) is 0 Å². The second-order valence-corrected chi connectivity index (χ2v) is 3.34. The molecule has 0 aromatic heterocycles. The summed E-state index contributed by atoms with van der Waals surface area (Å²) in [6.45, 7) is 2.09. The molecular formula is C11H17BrN4O. The highest BCUT2D eigenvalue weighted by atomic mass is 79.9. The summed E-state index contributed by atoms with van der Waals surface area (Å²) < 4.78 is 0. The highest BCUT2D eigenvalue weighted by Crippen LogP contribution is 2.08. The van der Waals surface area contributed by atoms with Crippen LogP contribution in [0.2, 0.25) is 0 Å². The van der Waals surface area contributed by atoms with Crippen molar-refractivity contribution < 1.29 is 4.79 Å². The first-order chi connectivity index (χ1) is 7.61. The maximum Gasteiger partial charge on any atom is 0.221 e. The molecule has 0 saturated heterocycles. The molecule has 0 radical (unpaired) electrons. The zero-order valence-corrected chi connectivity index (χ0v) is 11.6. The van der Waals surface area contributed by atoms with Gasteiger partial charge in [0.1, 0.15) is 0 Å². The van der Waals surface area contributed by atoms with Crippen molar-refractivity contribution in [1.82, 2.24) is 5.32 Å². The van der Waals surface area contributed by atoms with Gasteiger partial charge in [-0.1, -0.05) is 12.1 Å². The van der Waals surface area contributed by atoms with E-state index in [1.807, 2.05) is 24.3 Å². The summed E-state index contributed by atoms with van der Waals surface area (Å²) in [6.07, 6.45) is 0. The fourth-order valence-corrected chi connectivity index (χ4v) is 1.18. The van der Waals surface area contributed by atoms with Gasteiger partial charge in [-0.25, -0.2) is 0 Å². The number of hydrogen-bond donors (Lipinski definition) is 3. The van der Waals surface area contributed by atoms with E-state index in [1.54, 1.807) is 7.05 Å². The maximum atomic E-state index is 10.8. The van der Waals surface area contributed by atoms with E-state index in [2.05, 4.69) is 15.6 Å². The van der Waals surface area contributed by atoms with E-state index in [-0.39, 0.29) is 22.9 Å². The van der Waals surface area contributed by atoms with Gasteiger partial charge >= 0.3 is 0 Å². The van der Waals surface area contributed by atoms with Crippen LogP contribution in [-0.2, 0) is 11.3 Å². The van der Waals surface area contributed by atoms with Crippen molar-refractivity contribution in [1.29, 1.82) is 0 Å². The van der Waals surface area contributed by atoms with E-state index in [0.717, 1.165) is 11.3 Å². The van der Waals surface area contributed by atoms with Gasteiger partial charge in [-0.15, -0.1) is 17.0 Å². The number of nitrogens with two attached hydrogens (primary N) is 1. The van der Waals surface area contributed by atoms with E-state index in [1.165, 1.54) is 6.92 Å². The van der Waals surface area contributed by atoms with E-state index in [4.69, 9.17) is 5.73 Å². The van der Waals surface area contributed by atoms with E-state index in [0.29, 0.717) is 12.5 Å². The van der Waals surface area contributed by atoms with Crippen molar-refractivity contribution in [2.45, 2.75) is 13.5 Å². The Kier molecular flexibility index (Phi) is 6.97. The molecule has 17 heavy (non-hydrogen) atoms. The SMILES string of the molecule is Br.CN=C(N)NCc1ccc(NC(C)=O)cc1. The number of anilines is 1. The van der Waals surface area contributed by atoms with Crippen LogP contribution >= 0.6 is 17.0 Å². The summed E-state index contributed by atoms with van der Waals surface area (Å²) in [4.78, 5) is 14.6. The molecule has 0 spiro atoms. The van der Waals surface area contributed by atoms with Gasteiger partial charge in [0.2, 0.25) is 5.91 Å². The van der Waals surface area contributed by atoms with Gasteiger partial charge in [-0.3, -0.25) is 9.79 Å². The number of rotatable bonds is 3. The topological polar surface area (TPSA) is 79.5 Å². The van der Waals surface area contributed by atoms with Crippen LogP contribution in [0.5, 0.6) is 0 Å². The molecule has 0 aliphatic rings. The number of aliphatic imine (C=N–C) groups is 1. The fraction of sp³-hybridized carbons (Fsp3) is 0.273. The van der Waals surface area contributed by atoms with Crippen molar-refractivity contribution in [2.24, 2.45) is 10.7 Å². The summed E-state index contributed by atoms with van der Waals surface area (Å²) in [7, 11) is 1.63. The number of carbonyl (C=O) groups is 1. The lowest BCUT2D eigenvalue weighted by molar-refractivity contribution is -0.114. The molecule has 0 aliphatic carbocycles. The molecule has 0 aliphatic heterocycles. The largest absolute Gasteiger partial charge is 0.370 e. The van der Waals surface area contributed by atoms with Crippen LogP contribution in [0.3, 0.4) is 0 Å². The second kappa shape index (κ2) is 7.67. The summed E-state index contributed by atoms with van der Waals surface area (Å²) in [5, 5.41) is 5.65. The molecule has 0 heterocycles. The Labute approximate surface area is 111 Å².